The van der Waals surface area contributed by atoms with Gasteiger partial charge in [-0.15, -0.1) is 11.3 Å². The minimum Gasteiger partial charge on any atom is -0.488 e. The zero-order valence-electron chi connectivity index (χ0n) is 18.4. The molecule has 0 aliphatic carbocycles. The van der Waals surface area contributed by atoms with Crippen LogP contribution in [0.5, 0.6) is 5.75 Å². The summed E-state index contributed by atoms with van der Waals surface area (Å²) in [6.07, 6.45) is 0.785. The van der Waals surface area contributed by atoms with Crippen molar-refractivity contribution in [2.75, 3.05) is 0 Å². The van der Waals surface area contributed by atoms with Crippen LogP contribution in [-0.4, -0.2) is 10.2 Å². The maximum atomic E-state index is 12.6. The number of pyridine rings is 1. The van der Waals surface area contributed by atoms with Crippen molar-refractivity contribution in [3.05, 3.63) is 95.1 Å². The van der Waals surface area contributed by atoms with E-state index >= 15 is 0 Å². The number of thiophene rings is 1. The first kappa shape index (κ1) is 21.6. The van der Waals surface area contributed by atoms with Crippen LogP contribution in [0.25, 0.3) is 31.6 Å². The van der Waals surface area contributed by atoms with Crippen molar-refractivity contribution in [1.82, 2.24) is 4.98 Å². The van der Waals surface area contributed by atoms with Crippen molar-refractivity contribution >= 4 is 49.2 Å². The fourth-order valence-electron chi connectivity index (χ4n) is 4.20. The summed E-state index contributed by atoms with van der Waals surface area (Å²) in [5.41, 5.74) is 5.21. The number of aromatic nitrogens is 1. The molecule has 0 N–H and O–H groups in total. The molecule has 0 fully saturated rings. The number of hydrogen-bond donors (Lipinski definition) is 0. The second-order valence-corrected chi connectivity index (χ2v) is 9.35. The van der Waals surface area contributed by atoms with Gasteiger partial charge in [0.15, 0.2) is 0 Å². The number of rotatable bonds is 6. The predicted molar refractivity (Wildman–Crippen MR) is 138 cm³/mol. The minimum absolute atomic E-state index is 0.397. The largest absolute Gasteiger partial charge is 0.488 e. The van der Waals surface area contributed by atoms with E-state index < -0.39 is 5.24 Å². The van der Waals surface area contributed by atoms with Gasteiger partial charge in [0.05, 0.1) is 21.5 Å². The van der Waals surface area contributed by atoms with Gasteiger partial charge in [0.25, 0.3) is 5.24 Å². The molecule has 0 spiro atoms. The molecule has 0 aliphatic rings. The smallest absolute Gasteiger partial charge is 0.253 e. The topological polar surface area (TPSA) is 39.2 Å². The third kappa shape index (κ3) is 4.01. The molecule has 0 saturated carbocycles. The number of nitrogens with zero attached hydrogens (tertiary/aromatic N) is 1. The number of halogens is 1. The SMILES string of the molecule is CCc1ccc(OCc2ccccc2)c2c(C(=O)Cl)cc(-c3sc4ccccc4c3C)nc12. The fraction of sp³-hybridized carbons (Fsp3) is 0.143. The molecule has 2 aromatic heterocycles. The van der Waals surface area contributed by atoms with Gasteiger partial charge >= 0.3 is 0 Å². The molecule has 0 radical (unpaired) electrons. The molecule has 3 aromatic carbocycles. The summed E-state index contributed by atoms with van der Waals surface area (Å²) < 4.78 is 7.36. The Balaban J connectivity index is 1.70. The number of hydrogen-bond acceptors (Lipinski definition) is 4. The lowest BCUT2D eigenvalue weighted by Crippen LogP contribution is -2.02. The Morgan fingerprint density at radius 1 is 1.03 bits per heavy atom. The standard InChI is InChI=1S/C28H22ClNO2S/c1-3-19-13-14-23(32-16-18-9-5-4-6-10-18)25-21(28(29)31)15-22(30-26(19)25)27-17(2)20-11-7-8-12-24(20)33-27/h4-15H,3,16H2,1-2H3. The summed E-state index contributed by atoms with van der Waals surface area (Å²) in [6.45, 7) is 4.58. The molecule has 33 heavy (non-hydrogen) atoms. The minimum atomic E-state index is -0.514. The van der Waals surface area contributed by atoms with Gasteiger partial charge < -0.3 is 4.74 Å². The first-order chi connectivity index (χ1) is 16.1. The van der Waals surface area contributed by atoms with Crippen LogP contribution in [0.2, 0.25) is 0 Å². The van der Waals surface area contributed by atoms with Gasteiger partial charge in [0.1, 0.15) is 12.4 Å². The molecule has 164 valence electrons. The van der Waals surface area contributed by atoms with E-state index in [0.717, 1.165) is 39.2 Å². The molecule has 5 rings (SSSR count). The molecule has 0 saturated heterocycles. The van der Waals surface area contributed by atoms with Crippen LogP contribution in [-0.2, 0) is 13.0 Å². The summed E-state index contributed by atoms with van der Waals surface area (Å²) in [7, 11) is 0. The molecule has 2 heterocycles. The van der Waals surface area contributed by atoms with Crippen LogP contribution in [0.1, 0.15) is 34.0 Å². The number of benzene rings is 3. The van der Waals surface area contributed by atoms with Gasteiger partial charge in [-0.2, -0.15) is 0 Å². The van der Waals surface area contributed by atoms with Gasteiger partial charge in [-0.25, -0.2) is 4.98 Å². The van der Waals surface area contributed by atoms with E-state index in [1.165, 1.54) is 10.1 Å². The molecule has 0 atom stereocenters. The van der Waals surface area contributed by atoms with Crippen molar-refractivity contribution in [2.45, 2.75) is 26.9 Å². The van der Waals surface area contributed by atoms with Crippen LogP contribution in [0.3, 0.4) is 0 Å². The van der Waals surface area contributed by atoms with Crippen molar-refractivity contribution in [3.63, 3.8) is 0 Å². The number of aryl methyl sites for hydroxylation is 2. The molecule has 5 heteroatoms. The van der Waals surface area contributed by atoms with E-state index in [2.05, 4.69) is 26.0 Å². The summed E-state index contributed by atoms with van der Waals surface area (Å²) in [5, 5.41) is 1.36. The summed E-state index contributed by atoms with van der Waals surface area (Å²) in [5.74, 6) is 0.613. The molecule has 0 bridgehead atoms. The first-order valence-corrected chi connectivity index (χ1v) is 12.1. The third-order valence-corrected chi connectivity index (χ3v) is 7.41. The highest BCUT2D eigenvalue weighted by Gasteiger charge is 2.20. The van der Waals surface area contributed by atoms with Crippen LogP contribution in [0.15, 0.2) is 72.8 Å². The Morgan fingerprint density at radius 3 is 2.52 bits per heavy atom. The van der Waals surface area contributed by atoms with E-state index in [0.29, 0.717) is 23.3 Å². The second-order valence-electron chi connectivity index (χ2n) is 7.96. The van der Waals surface area contributed by atoms with E-state index in [-0.39, 0.29) is 0 Å². The Labute approximate surface area is 201 Å². The maximum Gasteiger partial charge on any atom is 0.253 e. The Hall–Kier alpha value is -3.21. The highest BCUT2D eigenvalue weighted by Crippen LogP contribution is 2.40. The van der Waals surface area contributed by atoms with Crippen LogP contribution >= 0.6 is 22.9 Å². The Bertz CT molecular complexity index is 1490. The van der Waals surface area contributed by atoms with E-state index in [4.69, 9.17) is 21.3 Å². The lowest BCUT2D eigenvalue weighted by atomic mass is 10.0. The van der Waals surface area contributed by atoms with Gasteiger partial charge in [-0.1, -0.05) is 61.5 Å². The molecule has 0 aliphatic heterocycles. The van der Waals surface area contributed by atoms with Crippen LogP contribution in [0.4, 0.5) is 0 Å². The molecular formula is C28H22ClNO2S. The van der Waals surface area contributed by atoms with Gasteiger partial charge in [-0.05, 0) is 65.2 Å². The highest BCUT2D eigenvalue weighted by atomic mass is 35.5. The fourth-order valence-corrected chi connectivity index (χ4v) is 5.52. The van der Waals surface area contributed by atoms with Crippen LogP contribution in [0, 0.1) is 6.92 Å². The third-order valence-electron chi connectivity index (χ3n) is 5.91. The predicted octanol–water partition coefficient (Wildman–Crippen LogP) is 7.95. The monoisotopic (exact) mass is 471 g/mol. The molecule has 5 aromatic rings. The molecule has 3 nitrogen and oxygen atoms in total. The number of ether oxygens (including phenoxy) is 1. The first-order valence-electron chi connectivity index (χ1n) is 10.9. The highest BCUT2D eigenvalue weighted by molar-refractivity contribution is 7.22. The zero-order valence-corrected chi connectivity index (χ0v) is 20.0. The summed E-state index contributed by atoms with van der Waals surface area (Å²) in [6, 6.07) is 24.0. The average molecular weight is 472 g/mol. The van der Waals surface area contributed by atoms with E-state index in [1.807, 2.05) is 60.7 Å². The number of carbonyl (C=O) groups is 1. The van der Waals surface area contributed by atoms with Crippen molar-refractivity contribution in [3.8, 4) is 16.3 Å². The van der Waals surface area contributed by atoms with Crippen molar-refractivity contribution < 1.29 is 9.53 Å². The Morgan fingerprint density at radius 2 is 1.79 bits per heavy atom. The van der Waals surface area contributed by atoms with Gasteiger partial charge in [-0.3, -0.25) is 4.79 Å². The van der Waals surface area contributed by atoms with Gasteiger partial charge in [0, 0.05) is 10.3 Å². The van der Waals surface area contributed by atoms with E-state index in [1.54, 1.807) is 11.3 Å². The van der Waals surface area contributed by atoms with Gasteiger partial charge in [0.2, 0.25) is 0 Å². The summed E-state index contributed by atoms with van der Waals surface area (Å²) >= 11 is 7.81. The normalized spacial score (nSPS) is 11.2. The lowest BCUT2D eigenvalue weighted by Gasteiger charge is -2.15. The second kappa shape index (κ2) is 8.97. The number of carbonyl (C=O) groups excluding carboxylic acids is 1. The Kier molecular flexibility index (Phi) is 5.88. The molecule has 0 unspecified atom stereocenters. The quantitative estimate of drug-likeness (QED) is 0.236. The van der Waals surface area contributed by atoms with Crippen LogP contribution < -0.4 is 4.74 Å². The average Bonchev–Trinajstić information content (AvgIpc) is 3.19. The molecular weight excluding hydrogens is 450 g/mol. The lowest BCUT2D eigenvalue weighted by molar-refractivity contribution is 0.108. The van der Waals surface area contributed by atoms with Crippen molar-refractivity contribution in [1.29, 1.82) is 0 Å². The zero-order chi connectivity index (χ0) is 22.9. The maximum absolute atomic E-state index is 12.6. The summed E-state index contributed by atoms with van der Waals surface area (Å²) in [4.78, 5) is 18.7. The number of fused-ring (bicyclic) bond motifs is 2. The van der Waals surface area contributed by atoms with E-state index in [9.17, 15) is 4.79 Å². The van der Waals surface area contributed by atoms with Crippen molar-refractivity contribution in [2.24, 2.45) is 0 Å². The molecule has 0 amide bonds.